The molecule has 2 aliphatic carbocycles. The molecule has 2 fully saturated rings. The van der Waals surface area contributed by atoms with Gasteiger partial charge in [-0.2, -0.15) is 0 Å². The maximum Gasteiger partial charge on any atom is 0.220 e. The van der Waals surface area contributed by atoms with Crippen LogP contribution in [0.4, 0.5) is 0 Å². The van der Waals surface area contributed by atoms with E-state index in [4.69, 9.17) is 5.73 Å². The Kier molecular flexibility index (Phi) is 7.20. The molecule has 1 amide bonds. The van der Waals surface area contributed by atoms with Crippen LogP contribution in [0.25, 0.3) is 0 Å². The number of likely N-dealkylation sites (tertiary alicyclic amines) is 1. The van der Waals surface area contributed by atoms with Crippen LogP contribution in [-0.2, 0) is 23.1 Å². The monoisotopic (exact) mass is 474 g/mol. The van der Waals surface area contributed by atoms with Gasteiger partial charge in [-0.3, -0.25) is 9.69 Å². The van der Waals surface area contributed by atoms with E-state index in [1.807, 2.05) is 24.3 Å². The number of carbonyl (C=O) groups excluding carboxylic acids is 1. The van der Waals surface area contributed by atoms with Crippen molar-refractivity contribution >= 4 is 5.91 Å². The van der Waals surface area contributed by atoms with Gasteiger partial charge in [0.25, 0.3) is 0 Å². The third-order valence-corrected chi connectivity index (χ3v) is 9.41. The van der Waals surface area contributed by atoms with E-state index >= 15 is 0 Å². The highest BCUT2D eigenvalue weighted by Crippen LogP contribution is 2.53. The van der Waals surface area contributed by atoms with Crippen LogP contribution in [0.1, 0.15) is 75.0 Å². The predicted molar refractivity (Wildman–Crippen MR) is 141 cm³/mol. The van der Waals surface area contributed by atoms with Gasteiger partial charge in [-0.05, 0) is 92.1 Å². The van der Waals surface area contributed by atoms with Crippen LogP contribution in [0.3, 0.4) is 0 Å². The minimum absolute atomic E-state index is 0.0862. The second-order valence-corrected chi connectivity index (χ2v) is 11.6. The van der Waals surface area contributed by atoms with Crippen LogP contribution in [0.2, 0.25) is 0 Å². The van der Waals surface area contributed by atoms with Crippen LogP contribution < -0.4 is 5.73 Å². The molecule has 0 spiro atoms. The highest BCUT2D eigenvalue weighted by molar-refractivity contribution is 5.76. The zero-order valence-corrected chi connectivity index (χ0v) is 21.3. The molecular formula is C31H42N2O2. The molecule has 0 aromatic heterocycles. The van der Waals surface area contributed by atoms with Crippen molar-refractivity contribution in [2.75, 3.05) is 13.1 Å². The van der Waals surface area contributed by atoms with Gasteiger partial charge in [-0.15, -0.1) is 0 Å². The van der Waals surface area contributed by atoms with Crippen LogP contribution in [0.15, 0.2) is 48.5 Å². The molecule has 0 unspecified atom stereocenters. The number of phenols is 1. The smallest absolute Gasteiger partial charge is 0.220 e. The lowest BCUT2D eigenvalue weighted by Crippen LogP contribution is -2.59. The zero-order chi connectivity index (χ0) is 24.4. The van der Waals surface area contributed by atoms with Crippen LogP contribution in [0.5, 0.6) is 5.75 Å². The second kappa shape index (κ2) is 10.3. The molecule has 1 aliphatic heterocycles. The van der Waals surface area contributed by atoms with Crippen LogP contribution >= 0.6 is 0 Å². The van der Waals surface area contributed by atoms with Crippen molar-refractivity contribution in [1.29, 1.82) is 0 Å². The Morgan fingerprint density at radius 2 is 1.94 bits per heavy atom. The summed E-state index contributed by atoms with van der Waals surface area (Å²) in [4.78, 5) is 14.9. The molecule has 5 rings (SSSR count). The molecule has 35 heavy (non-hydrogen) atoms. The Bertz CT molecular complexity index is 1020. The van der Waals surface area contributed by atoms with Crippen molar-refractivity contribution in [1.82, 2.24) is 4.90 Å². The SMILES string of the molecule is C[C@H]1[C@H]2Cc3ccc(O)cc3[C@]1(CCCCC[C@@H](Cc1ccccc1)C(N)=O)CCN2CC1CC1. The molecular weight excluding hydrogens is 432 g/mol. The van der Waals surface area contributed by atoms with Crippen molar-refractivity contribution in [3.8, 4) is 5.75 Å². The summed E-state index contributed by atoms with van der Waals surface area (Å²) in [5, 5.41) is 10.4. The van der Waals surface area contributed by atoms with Gasteiger partial charge in [0.15, 0.2) is 0 Å². The average molecular weight is 475 g/mol. The summed E-state index contributed by atoms with van der Waals surface area (Å²) in [6.45, 7) is 4.93. The summed E-state index contributed by atoms with van der Waals surface area (Å²) in [5.41, 5.74) is 9.95. The molecule has 1 saturated carbocycles. The minimum atomic E-state index is -0.177. The summed E-state index contributed by atoms with van der Waals surface area (Å²) in [5.74, 6) is 1.66. The first-order valence-electron chi connectivity index (χ1n) is 13.9. The fourth-order valence-corrected chi connectivity index (χ4v) is 7.14. The van der Waals surface area contributed by atoms with Gasteiger partial charge in [-0.25, -0.2) is 0 Å². The number of nitrogens with zero attached hydrogens (tertiary/aromatic N) is 1. The van der Waals surface area contributed by atoms with E-state index < -0.39 is 0 Å². The quantitative estimate of drug-likeness (QED) is 0.417. The number of nitrogens with two attached hydrogens (primary N) is 1. The predicted octanol–water partition coefficient (Wildman–Crippen LogP) is 5.60. The van der Waals surface area contributed by atoms with E-state index in [9.17, 15) is 9.90 Å². The first kappa shape index (κ1) is 24.4. The lowest BCUT2D eigenvalue weighted by Gasteiger charge is -2.56. The summed E-state index contributed by atoms with van der Waals surface area (Å²) in [7, 11) is 0. The molecule has 4 atom stereocenters. The number of rotatable bonds is 11. The van der Waals surface area contributed by atoms with Crippen molar-refractivity contribution in [3.63, 3.8) is 0 Å². The van der Waals surface area contributed by atoms with E-state index in [2.05, 4.69) is 36.1 Å². The average Bonchev–Trinajstić information content (AvgIpc) is 3.66. The maximum absolute atomic E-state index is 12.1. The van der Waals surface area contributed by atoms with Crippen LogP contribution in [0, 0.1) is 17.8 Å². The molecule has 1 heterocycles. The first-order chi connectivity index (χ1) is 17.0. The number of aromatic hydroxyl groups is 1. The number of carbonyl (C=O) groups is 1. The Balaban J connectivity index is 1.23. The van der Waals surface area contributed by atoms with Gasteiger partial charge in [0.2, 0.25) is 5.91 Å². The molecule has 188 valence electrons. The molecule has 1 saturated heterocycles. The molecule has 3 N–H and O–H groups in total. The Morgan fingerprint density at radius 1 is 1.14 bits per heavy atom. The lowest BCUT2D eigenvalue weighted by atomic mass is 9.56. The lowest BCUT2D eigenvalue weighted by molar-refractivity contribution is -0.122. The largest absolute Gasteiger partial charge is 0.508 e. The number of hydrogen-bond acceptors (Lipinski definition) is 3. The van der Waals surface area contributed by atoms with Crippen LogP contribution in [-0.4, -0.2) is 35.0 Å². The summed E-state index contributed by atoms with van der Waals surface area (Å²) >= 11 is 0. The maximum atomic E-state index is 12.1. The number of phenolic OH excluding ortho intramolecular Hbond substituents is 1. The standard InChI is InChI=1S/C31H42N2O2/c1-22-29-19-25-13-14-27(34)20-28(25)31(22,16-17-33(29)21-24-11-12-24)15-7-3-6-10-26(30(32)35)18-23-8-4-2-5-9-23/h2,4-5,8-9,13-14,20,22,24,26,29,34H,3,6-7,10-12,15-19,21H2,1H3,(H2,32,35)/t22-,26-,29+,31+/m0/s1. The summed E-state index contributed by atoms with van der Waals surface area (Å²) in [6.07, 6.45) is 11.2. The van der Waals surface area contributed by atoms with Crippen molar-refractivity contribution in [2.24, 2.45) is 23.5 Å². The summed E-state index contributed by atoms with van der Waals surface area (Å²) in [6, 6.07) is 17.0. The van der Waals surface area contributed by atoms with Gasteiger partial charge in [0.1, 0.15) is 5.75 Å². The fraction of sp³-hybridized carbons (Fsp3) is 0.581. The van der Waals surface area contributed by atoms with E-state index in [1.54, 1.807) is 0 Å². The fourth-order valence-electron chi connectivity index (χ4n) is 7.14. The molecule has 3 aliphatic rings. The number of amides is 1. The zero-order valence-electron chi connectivity index (χ0n) is 21.3. The first-order valence-corrected chi connectivity index (χ1v) is 13.9. The second-order valence-electron chi connectivity index (χ2n) is 11.6. The molecule has 0 radical (unpaired) electrons. The normalized spacial score (nSPS) is 26.8. The minimum Gasteiger partial charge on any atom is -0.508 e. The number of benzene rings is 2. The van der Waals surface area contributed by atoms with Gasteiger partial charge >= 0.3 is 0 Å². The number of primary amides is 1. The van der Waals surface area contributed by atoms with E-state index in [-0.39, 0.29) is 17.2 Å². The van der Waals surface area contributed by atoms with Gasteiger partial charge < -0.3 is 10.8 Å². The van der Waals surface area contributed by atoms with E-state index in [0.29, 0.717) is 17.7 Å². The van der Waals surface area contributed by atoms with Gasteiger partial charge in [-0.1, -0.05) is 62.6 Å². The topological polar surface area (TPSA) is 66.6 Å². The molecule has 4 heteroatoms. The Hall–Kier alpha value is -2.33. The van der Waals surface area contributed by atoms with Crippen molar-refractivity contribution in [3.05, 3.63) is 65.2 Å². The highest BCUT2D eigenvalue weighted by atomic mass is 16.3. The third kappa shape index (κ3) is 5.28. The number of piperidine rings is 1. The van der Waals surface area contributed by atoms with Crippen molar-refractivity contribution in [2.45, 2.75) is 82.6 Å². The number of fused-ring (bicyclic) bond motifs is 4. The molecule has 4 nitrogen and oxygen atoms in total. The van der Waals surface area contributed by atoms with Crippen molar-refractivity contribution < 1.29 is 9.90 Å². The Labute approximate surface area is 210 Å². The molecule has 2 aromatic rings. The molecule has 2 bridgehead atoms. The van der Waals surface area contributed by atoms with E-state index in [0.717, 1.165) is 50.9 Å². The van der Waals surface area contributed by atoms with E-state index in [1.165, 1.54) is 49.0 Å². The third-order valence-electron chi connectivity index (χ3n) is 9.41. The van der Waals surface area contributed by atoms with Gasteiger partial charge in [0.05, 0.1) is 0 Å². The number of hydrogen-bond donors (Lipinski definition) is 2. The Morgan fingerprint density at radius 3 is 2.69 bits per heavy atom. The molecule has 2 aromatic carbocycles. The highest BCUT2D eigenvalue weighted by Gasteiger charge is 2.51. The number of unbranched alkanes of at least 4 members (excludes halogenated alkanes) is 2. The summed E-state index contributed by atoms with van der Waals surface area (Å²) < 4.78 is 0. The van der Waals surface area contributed by atoms with Gasteiger partial charge in [0, 0.05) is 23.9 Å².